The summed E-state index contributed by atoms with van der Waals surface area (Å²) in [6.45, 7) is 0.404. The lowest BCUT2D eigenvalue weighted by molar-refractivity contribution is -0.135. The van der Waals surface area contributed by atoms with E-state index in [1.807, 2.05) is 11.9 Å². The zero-order valence-electron chi connectivity index (χ0n) is 10.9. The lowest BCUT2D eigenvalue weighted by atomic mass is 9.94. The molecule has 1 atom stereocenters. The maximum absolute atomic E-state index is 12.0. The van der Waals surface area contributed by atoms with E-state index in [0.717, 1.165) is 12.8 Å². The highest BCUT2D eigenvalue weighted by Crippen LogP contribution is 2.22. The van der Waals surface area contributed by atoms with Crippen LogP contribution in [-0.2, 0) is 9.53 Å². The predicted molar refractivity (Wildman–Crippen MR) is 71.4 cm³/mol. The van der Waals surface area contributed by atoms with E-state index < -0.39 is 0 Å². The Morgan fingerprint density at radius 2 is 2.00 bits per heavy atom. The minimum Gasteiger partial charge on any atom is -0.380 e. The van der Waals surface area contributed by atoms with Gasteiger partial charge in [0.05, 0.1) is 12.5 Å². The summed E-state index contributed by atoms with van der Waals surface area (Å²) >= 11 is 0. The molecule has 0 aromatic carbocycles. The highest BCUT2D eigenvalue weighted by molar-refractivity contribution is 5.85. The number of carbonyl (C=O) groups excluding carboxylic acids is 1. The van der Waals surface area contributed by atoms with Crippen molar-refractivity contribution in [1.82, 2.24) is 4.90 Å². The van der Waals surface area contributed by atoms with Crippen LogP contribution in [0.5, 0.6) is 0 Å². The molecule has 0 bridgehead atoms. The summed E-state index contributed by atoms with van der Waals surface area (Å²) in [5.41, 5.74) is 5.51. The van der Waals surface area contributed by atoms with Crippen molar-refractivity contribution in [3.8, 4) is 0 Å². The van der Waals surface area contributed by atoms with Crippen molar-refractivity contribution in [2.24, 2.45) is 5.73 Å². The average Bonchev–Trinajstić information content (AvgIpc) is 2.35. The minimum atomic E-state index is -0.140. The molecule has 1 rings (SSSR count). The summed E-state index contributed by atoms with van der Waals surface area (Å²) in [5.74, 6) is 0.157. The molecule has 1 saturated carbocycles. The molecule has 17 heavy (non-hydrogen) atoms. The predicted octanol–water partition coefficient (Wildman–Crippen LogP) is 1.56. The fourth-order valence-corrected chi connectivity index (χ4v) is 2.27. The van der Waals surface area contributed by atoms with E-state index in [4.69, 9.17) is 10.5 Å². The zero-order valence-corrected chi connectivity index (χ0v) is 11.7. The summed E-state index contributed by atoms with van der Waals surface area (Å²) < 4.78 is 5.14. The van der Waals surface area contributed by atoms with Crippen LogP contribution in [-0.4, -0.2) is 43.7 Å². The monoisotopic (exact) mass is 264 g/mol. The van der Waals surface area contributed by atoms with E-state index in [-0.39, 0.29) is 24.4 Å². The van der Waals surface area contributed by atoms with Crippen LogP contribution in [0.25, 0.3) is 0 Å². The van der Waals surface area contributed by atoms with Crippen molar-refractivity contribution in [2.75, 3.05) is 20.7 Å². The van der Waals surface area contributed by atoms with Crippen molar-refractivity contribution in [2.45, 2.75) is 50.7 Å². The molecular formula is C12H25ClN2O2. The zero-order chi connectivity index (χ0) is 12.0. The molecular weight excluding hydrogens is 240 g/mol. The molecule has 4 nitrogen and oxygen atoms in total. The topological polar surface area (TPSA) is 55.6 Å². The molecule has 0 aromatic rings. The van der Waals surface area contributed by atoms with Crippen LogP contribution >= 0.6 is 12.4 Å². The van der Waals surface area contributed by atoms with Gasteiger partial charge in [0.1, 0.15) is 0 Å². The molecule has 0 radical (unpaired) electrons. The minimum absolute atomic E-state index is 0. The van der Waals surface area contributed by atoms with Crippen LogP contribution in [0.3, 0.4) is 0 Å². The van der Waals surface area contributed by atoms with Gasteiger partial charge in [0.15, 0.2) is 0 Å². The standard InChI is InChI=1S/C12H24N2O2.ClH/c1-14(10-6-4-3-5-7-10)12(15)8-11(9-13)16-2;/h10-11H,3-9,13H2,1-2H3;1H. The van der Waals surface area contributed by atoms with Gasteiger partial charge in [-0.3, -0.25) is 4.79 Å². The van der Waals surface area contributed by atoms with E-state index in [2.05, 4.69) is 0 Å². The SMILES string of the molecule is COC(CN)CC(=O)N(C)C1CCCCC1.Cl. The summed E-state index contributed by atoms with van der Waals surface area (Å²) in [6, 6.07) is 0.427. The number of nitrogens with two attached hydrogens (primary N) is 1. The van der Waals surface area contributed by atoms with Crippen LogP contribution in [0, 0.1) is 0 Å². The van der Waals surface area contributed by atoms with E-state index in [9.17, 15) is 4.79 Å². The van der Waals surface area contributed by atoms with Crippen molar-refractivity contribution in [1.29, 1.82) is 0 Å². The maximum Gasteiger partial charge on any atom is 0.225 e. The number of carbonyl (C=O) groups is 1. The van der Waals surface area contributed by atoms with Gasteiger partial charge in [-0.05, 0) is 12.8 Å². The van der Waals surface area contributed by atoms with Crippen LogP contribution in [0.1, 0.15) is 38.5 Å². The first-order valence-corrected chi connectivity index (χ1v) is 6.17. The number of amides is 1. The average molecular weight is 265 g/mol. The number of methoxy groups -OCH3 is 1. The van der Waals surface area contributed by atoms with E-state index in [1.54, 1.807) is 7.11 Å². The summed E-state index contributed by atoms with van der Waals surface area (Å²) in [4.78, 5) is 13.9. The fourth-order valence-electron chi connectivity index (χ4n) is 2.27. The number of ether oxygens (including phenoxy) is 1. The number of halogens is 1. The second-order valence-electron chi connectivity index (χ2n) is 4.59. The van der Waals surface area contributed by atoms with Crippen molar-refractivity contribution in [3.05, 3.63) is 0 Å². The summed E-state index contributed by atoms with van der Waals surface area (Å²) in [7, 11) is 3.51. The number of hydrogen-bond donors (Lipinski definition) is 1. The third-order valence-corrected chi connectivity index (χ3v) is 3.51. The van der Waals surface area contributed by atoms with Crippen LogP contribution in [0.4, 0.5) is 0 Å². The Balaban J connectivity index is 0.00000256. The molecule has 0 heterocycles. The Morgan fingerprint density at radius 1 is 1.41 bits per heavy atom. The number of rotatable bonds is 5. The molecule has 0 aromatic heterocycles. The molecule has 1 fully saturated rings. The van der Waals surface area contributed by atoms with Gasteiger partial charge in [-0.1, -0.05) is 19.3 Å². The number of hydrogen-bond acceptors (Lipinski definition) is 3. The first kappa shape index (κ1) is 16.7. The lowest BCUT2D eigenvalue weighted by Gasteiger charge is -2.32. The quantitative estimate of drug-likeness (QED) is 0.820. The Morgan fingerprint density at radius 3 is 2.47 bits per heavy atom. The van der Waals surface area contributed by atoms with Crippen LogP contribution in [0.15, 0.2) is 0 Å². The second kappa shape index (κ2) is 8.72. The first-order valence-electron chi connectivity index (χ1n) is 6.17. The molecule has 1 aliphatic carbocycles. The van der Waals surface area contributed by atoms with E-state index in [0.29, 0.717) is 19.0 Å². The van der Waals surface area contributed by atoms with Crippen LogP contribution < -0.4 is 5.73 Å². The van der Waals surface area contributed by atoms with Gasteiger partial charge in [-0.2, -0.15) is 0 Å². The van der Waals surface area contributed by atoms with Crippen molar-refractivity contribution >= 4 is 18.3 Å². The largest absolute Gasteiger partial charge is 0.380 e. The molecule has 5 heteroatoms. The normalized spacial score (nSPS) is 18.3. The van der Waals surface area contributed by atoms with Gasteiger partial charge in [0.2, 0.25) is 5.91 Å². The second-order valence-corrected chi connectivity index (χ2v) is 4.59. The van der Waals surface area contributed by atoms with E-state index >= 15 is 0 Å². The van der Waals surface area contributed by atoms with Gasteiger partial charge in [-0.15, -0.1) is 12.4 Å². The highest BCUT2D eigenvalue weighted by Gasteiger charge is 2.23. The van der Waals surface area contributed by atoms with E-state index in [1.165, 1.54) is 19.3 Å². The first-order chi connectivity index (χ1) is 7.69. The molecule has 0 spiro atoms. The molecule has 2 N–H and O–H groups in total. The number of nitrogens with zero attached hydrogens (tertiary/aromatic N) is 1. The maximum atomic E-state index is 12.0. The van der Waals surface area contributed by atoms with Gasteiger partial charge < -0.3 is 15.4 Å². The van der Waals surface area contributed by atoms with Crippen LogP contribution in [0.2, 0.25) is 0 Å². The third kappa shape index (κ3) is 5.23. The molecule has 102 valence electrons. The van der Waals surface area contributed by atoms with Crippen molar-refractivity contribution < 1.29 is 9.53 Å². The Bertz CT molecular complexity index is 217. The summed E-state index contributed by atoms with van der Waals surface area (Å²) in [5, 5.41) is 0. The van der Waals surface area contributed by atoms with Crippen molar-refractivity contribution in [3.63, 3.8) is 0 Å². The van der Waals surface area contributed by atoms with Gasteiger partial charge >= 0.3 is 0 Å². The molecule has 1 unspecified atom stereocenters. The Labute approximate surface area is 110 Å². The third-order valence-electron chi connectivity index (χ3n) is 3.51. The Kier molecular flexibility index (Phi) is 8.56. The molecule has 0 aliphatic heterocycles. The van der Waals surface area contributed by atoms with Gasteiger partial charge in [-0.25, -0.2) is 0 Å². The molecule has 0 saturated heterocycles. The smallest absolute Gasteiger partial charge is 0.225 e. The summed E-state index contributed by atoms with van der Waals surface area (Å²) in [6.07, 6.45) is 6.34. The lowest BCUT2D eigenvalue weighted by Crippen LogP contribution is -2.40. The van der Waals surface area contributed by atoms with Gasteiger partial charge in [0, 0.05) is 26.7 Å². The Hall–Kier alpha value is -0.320. The molecule has 1 amide bonds. The molecule has 1 aliphatic rings. The van der Waals surface area contributed by atoms with Gasteiger partial charge in [0.25, 0.3) is 0 Å². The fraction of sp³-hybridized carbons (Fsp3) is 0.917. The highest BCUT2D eigenvalue weighted by atomic mass is 35.5.